The second-order valence-electron chi connectivity index (χ2n) is 11.6. The molecule has 0 atom stereocenters. The van der Waals surface area contributed by atoms with Crippen LogP contribution < -0.4 is 5.62 Å². The Bertz CT molecular complexity index is 1260. The first kappa shape index (κ1) is 34.9. The third kappa shape index (κ3) is 9.50. The Labute approximate surface area is 247 Å². The number of halogens is 1. The third-order valence-electron chi connectivity index (χ3n) is 6.42. The fraction of sp³-hybridized carbons (Fsp3) is 0.533. The van der Waals surface area contributed by atoms with E-state index in [1.54, 1.807) is 33.7 Å². The Hall–Kier alpha value is -3.14. The van der Waals surface area contributed by atoms with Gasteiger partial charge in [0.05, 0.1) is 6.54 Å². The van der Waals surface area contributed by atoms with Gasteiger partial charge in [-0.1, -0.05) is 67.0 Å². The van der Waals surface area contributed by atoms with E-state index in [1.165, 1.54) is 12.5 Å². The smallest absolute Gasteiger partial charge is 0.439 e. The van der Waals surface area contributed by atoms with Crippen LogP contribution in [0, 0.1) is 0 Å². The van der Waals surface area contributed by atoms with Gasteiger partial charge in [0.15, 0.2) is 5.78 Å². The highest BCUT2D eigenvalue weighted by Crippen LogP contribution is 2.39. The first-order valence-corrected chi connectivity index (χ1v) is 13.3. The molecule has 0 aliphatic heterocycles. The van der Waals surface area contributed by atoms with Crippen molar-refractivity contribution in [2.75, 3.05) is 6.79 Å². The first-order valence-electron chi connectivity index (χ1n) is 13.3. The van der Waals surface area contributed by atoms with E-state index >= 15 is 0 Å². The average molecular weight is 623 g/mol. The molecule has 0 radical (unpaired) electrons. The summed E-state index contributed by atoms with van der Waals surface area (Å²) in [4.78, 5) is 41.1. The summed E-state index contributed by atoms with van der Waals surface area (Å²) in [5.41, 5.74) is 2.56. The molecule has 222 valence electrons. The van der Waals surface area contributed by atoms with Crippen LogP contribution in [-0.4, -0.2) is 38.9 Å². The second kappa shape index (κ2) is 14.5. The number of hydrogen-bond acceptors (Lipinski definition) is 6. The quantitative estimate of drug-likeness (QED) is 0.151. The van der Waals surface area contributed by atoms with Crippen LogP contribution in [0.4, 0.5) is 4.79 Å². The summed E-state index contributed by atoms with van der Waals surface area (Å²) in [7, 11) is 0. The molecule has 0 spiro atoms. The average Bonchev–Trinajstić information content (AvgIpc) is 3.18. The van der Waals surface area contributed by atoms with E-state index < -0.39 is 18.9 Å². The number of benzene rings is 1. The van der Waals surface area contributed by atoms with Crippen molar-refractivity contribution >= 4 is 34.8 Å². The van der Waals surface area contributed by atoms with Crippen molar-refractivity contribution in [2.45, 2.75) is 99.1 Å². The van der Waals surface area contributed by atoms with Gasteiger partial charge >= 0.3 is 12.1 Å². The van der Waals surface area contributed by atoms with Crippen molar-refractivity contribution < 1.29 is 29.0 Å². The summed E-state index contributed by atoms with van der Waals surface area (Å²) < 4.78 is 12.9. The molecule has 0 saturated carbocycles. The fourth-order valence-corrected chi connectivity index (χ4v) is 4.08. The number of carbonyl (C=O) groups excluding carboxylic acids is 3. The Balaban J connectivity index is 0.00000800. The molecule has 2 rings (SSSR count). The fourth-order valence-electron chi connectivity index (χ4n) is 4.08. The number of amides is 1. The van der Waals surface area contributed by atoms with Crippen LogP contribution in [-0.2, 0) is 38.2 Å². The molecule has 0 saturated heterocycles. The standard InChI is InChI=1S/C30H43N3O6.BrH/c1-10-21(11-2)12-13-32-14-15-33(27(32)31-28(37)39-19-38-20(3)34)18-25(35)22-16-23(29(4,5)6)26(36)24(17-22)30(7,8)9;/h12,14-17,36H,10-11,13,18-19H2,1-9H3;1H/b31-27-;. The first-order chi connectivity index (χ1) is 18.1. The van der Waals surface area contributed by atoms with Gasteiger partial charge in [-0.15, -0.1) is 22.0 Å². The zero-order valence-electron chi connectivity index (χ0n) is 25.2. The molecule has 0 bridgehead atoms. The minimum atomic E-state index is -0.942. The van der Waals surface area contributed by atoms with E-state index in [0.717, 1.165) is 12.8 Å². The second-order valence-corrected chi connectivity index (χ2v) is 11.6. The van der Waals surface area contributed by atoms with Crippen molar-refractivity contribution in [2.24, 2.45) is 4.99 Å². The molecule has 40 heavy (non-hydrogen) atoms. The largest absolute Gasteiger partial charge is 0.507 e. The molecule has 10 heteroatoms. The van der Waals surface area contributed by atoms with Crippen LogP contribution in [0.1, 0.15) is 96.6 Å². The van der Waals surface area contributed by atoms with Crippen LogP contribution in [0.3, 0.4) is 0 Å². The van der Waals surface area contributed by atoms with E-state index in [4.69, 9.17) is 4.74 Å². The van der Waals surface area contributed by atoms with E-state index in [1.807, 2.05) is 41.5 Å². The Morgan fingerprint density at radius 3 is 1.93 bits per heavy atom. The molecule has 0 aliphatic carbocycles. The summed E-state index contributed by atoms with van der Waals surface area (Å²) in [6.45, 7) is 17.1. The molecule has 0 aliphatic rings. The summed E-state index contributed by atoms with van der Waals surface area (Å²) in [6, 6.07) is 3.48. The third-order valence-corrected chi connectivity index (χ3v) is 6.42. The molecule has 9 nitrogen and oxygen atoms in total. The lowest BCUT2D eigenvalue weighted by atomic mass is 9.78. The number of Topliss-reactive ketones (excluding diaryl/α,β-unsaturated/α-hetero) is 1. The summed E-state index contributed by atoms with van der Waals surface area (Å²) >= 11 is 0. The molecule has 2 aromatic rings. The SMILES string of the molecule is Br.CCC(=CCn1ccn(CC(=O)c2cc(C(C)(C)C)c(O)c(C(C)(C)C)c2)/c1=N\C(=O)OCOC(C)=O)CC. The summed E-state index contributed by atoms with van der Waals surface area (Å²) in [5, 5.41) is 11.0. The molecule has 1 aromatic heterocycles. The van der Waals surface area contributed by atoms with Crippen molar-refractivity contribution in [1.29, 1.82) is 0 Å². The van der Waals surface area contributed by atoms with Gasteiger partial charge in [-0.25, -0.2) is 4.79 Å². The summed E-state index contributed by atoms with van der Waals surface area (Å²) in [6.07, 6.45) is 6.38. The predicted octanol–water partition coefficient (Wildman–Crippen LogP) is 6.36. The lowest BCUT2D eigenvalue weighted by molar-refractivity contribution is -0.148. The number of aromatic nitrogens is 2. The van der Waals surface area contributed by atoms with Crippen molar-refractivity contribution in [3.63, 3.8) is 0 Å². The van der Waals surface area contributed by atoms with Crippen molar-refractivity contribution in [3.05, 3.63) is 58.5 Å². The van der Waals surface area contributed by atoms with Crippen LogP contribution >= 0.6 is 17.0 Å². The van der Waals surface area contributed by atoms with Gasteiger partial charge in [-0.3, -0.25) is 9.59 Å². The number of imidazole rings is 1. The Morgan fingerprint density at radius 1 is 0.925 bits per heavy atom. The lowest BCUT2D eigenvalue weighted by Crippen LogP contribution is -2.30. The van der Waals surface area contributed by atoms with Crippen LogP contribution in [0.15, 0.2) is 41.2 Å². The van der Waals surface area contributed by atoms with Crippen LogP contribution in [0.2, 0.25) is 0 Å². The van der Waals surface area contributed by atoms with E-state index in [0.29, 0.717) is 23.2 Å². The van der Waals surface area contributed by atoms with E-state index in [-0.39, 0.29) is 51.5 Å². The van der Waals surface area contributed by atoms with Gasteiger partial charge in [0.25, 0.3) is 0 Å². The minimum absolute atomic E-state index is 0. The molecule has 1 aromatic carbocycles. The Morgan fingerprint density at radius 2 is 1.45 bits per heavy atom. The number of ether oxygens (including phenoxy) is 2. The number of ketones is 1. The summed E-state index contributed by atoms with van der Waals surface area (Å²) in [5.74, 6) is -0.579. The topological polar surface area (TPSA) is 112 Å². The normalized spacial score (nSPS) is 12.0. The number of aromatic hydroxyl groups is 1. The van der Waals surface area contributed by atoms with Crippen LogP contribution in [0.25, 0.3) is 0 Å². The predicted molar refractivity (Wildman–Crippen MR) is 160 cm³/mol. The van der Waals surface area contributed by atoms with Gasteiger partial charge in [-0.2, -0.15) is 0 Å². The lowest BCUT2D eigenvalue weighted by Gasteiger charge is -2.28. The number of esters is 1. The maximum absolute atomic E-state index is 13.6. The zero-order valence-corrected chi connectivity index (χ0v) is 26.9. The number of carbonyl (C=O) groups is 3. The van der Waals surface area contributed by atoms with E-state index in [9.17, 15) is 19.5 Å². The number of allylic oxidation sites excluding steroid dienone is 2. The van der Waals surface area contributed by atoms with Gasteiger partial charge < -0.3 is 23.7 Å². The maximum atomic E-state index is 13.6. The molecule has 1 heterocycles. The number of nitrogens with zero attached hydrogens (tertiary/aromatic N) is 3. The minimum Gasteiger partial charge on any atom is -0.507 e. The number of hydrogen-bond donors (Lipinski definition) is 1. The van der Waals surface area contributed by atoms with E-state index in [2.05, 4.69) is 29.7 Å². The zero-order chi connectivity index (χ0) is 29.5. The van der Waals surface area contributed by atoms with Crippen molar-refractivity contribution in [1.82, 2.24) is 9.13 Å². The molecule has 0 unspecified atom stereocenters. The molecule has 1 N–H and O–H groups in total. The molecule has 0 fully saturated rings. The molecular weight excluding hydrogens is 578 g/mol. The number of phenols is 1. The van der Waals surface area contributed by atoms with Gasteiger partial charge in [0.2, 0.25) is 12.4 Å². The number of phenolic OH excluding ortho intramolecular Hbond substituents is 1. The highest BCUT2D eigenvalue weighted by atomic mass is 79.9. The highest BCUT2D eigenvalue weighted by molar-refractivity contribution is 8.93. The molecular formula is C30H44BrN3O6. The number of rotatable bonds is 9. The Kier molecular flexibility index (Phi) is 12.6. The van der Waals surface area contributed by atoms with Crippen molar-refractivity contribution in [3.8, 4) is 5.75 Å². The van der Waals surface area contributed by atoms with Gasteiger partial charge in [-0.05, 0) is 35.8 Å². The molecule has 1 amide bonds. The van der Waals surface area contributed by atoms with Crippen LogP contribution in [0.5, 0.6) is 5.75 Å². The van der Waals surface area contributed by atoms with Gasteiger partial charge in [0, 0.05) is 42.6 Å². The maximum Gasteiger partial charge on any atom is 0.439 e. The van der Waals surface area contributed by atoms with Gasteiger partial charge in [0.1, 0.15) is 5.75 Å². The monoisotopic (exact) mass is 621 g/mol. The highest BCUT2D eigenvalue weighted by Gasteiger charge is 2.28.